The molecule has 1 aromatic heterocycles. The molecule has 0 bridgehead atoms. The fraction of sp³-hybridized carbons (Fsp3) is 0.0769. The number of hydrogen-bond acceptors (Lipinski definition) is 2. The van der Waals surface area contributed by atoms with Crippen molar-refractivity contribution >= 4 is 23.2 Å². The third-order valence-corrected chi connectivity index (χ3v) is 2.56. The van der Waals surface area contributed by atoms with Crippen LogP contribution in [0.15, 0.2) is 24.3 Å². The van der Waals surface area contributed by atoms with E-state index in [-0.39, 0.29) is 0 Å². The lowest BCUT2D eigenvalue weighted by molar-refractivity contribution is -0.130. The molecule has 1 N–H and O–H groups in total. The second-order valence-corrected chi connectivity index (χ2v) is 3.51. The van der Waals surface area contributed by atoms with Gasteiger partial charge in [-0.3, -0.25) is 4.79 Å². The van der Waals surface area contributed by atoms with Crippen molar-refractivity contribution in [3.05, 3.63) is 35.5 Å². The summed E-state index contributed by atoms with van der Waals surface area (Å²) in [5.74, 6) is 3.35. The standard InChI is InChI=1S/C13H9NO3/c1-14-11-5-3-2-4-9(11)10(12(14)8-15)6-7-13(16)17/h2-5,8H,1H3,(H,16,17). The number of carbonyl (C=O) groups is 2. The first kappa shape index (κ1) is 11.0. The van der Waals surface area contributed by atoms with Crippen molar-refractivity contribution in [2.24, 2.45) is 7.05 Å². The van der Waals surface area contributed by atoms with Gasteiger partial charge in [0.05, 0.1) is 11.3 Å². The molecular weight excluding hydrogens is 218 g/mol. The Balaban J connectivity index is 2.81. The van der Waals surface area contributed by atoms with E-state index >= 15 is 0 Å². The molecule has 0 atom stereocenters. The monoisotopic (exact) mass is 227 g/mol. The molecule has 2 rings (SSSR count). The minimum Gasteiger partial charge on any atom is -0.472 e. The maximum atomic E-state index is 11.0. The summed E-state index contributed by atoms with van der Waals surface area (Å²) in [7, 11) is 1.75. The zero-order valence-corrected chi connectivity index (χ0v) is 9.10. The second-order valence-electron chi connectivity index (χ2n) is 3.51. The molecule has 4 nitrogen and oxygen atoms in total. The summed E-state index contributed by atoms with van der Waals surface area (Å²) in [5.41, 5.74) is 1.70. The largest absolute Gasteiger partial charge is 0.472 e. The summed E-state index contributed by atoms with van der Waals surface area (Å²) in [5, 5.41) is 9.33. The Morgan fingerprint density at radius 1 is 1.41 bits per heavy atom. The van der Waals surface area contributed by atoms with Gasteiger partial charge in [0.2, 0.25) is 0 Å². The number of nitrogens with zero attached hydrogens (tertiary/aromatic N) is 1. The van der Waals surface area contributed by atoms with E-state index in [1.807, 2.05) is 30.2 Å². The average Bonchev–Trinajstić information content (AvgIpc) is 2.60. The molecule has 0 radical (unpaired) electrons. The summed E-state index contributed by atoms with van der Waals surface area (Å²) in [6.45, 7) is 0. The van der Waals surface area contributed by atoms with Crippen molar-refractivity contribution in [2.45, 2.75) is 0 Å². The van der Waals surface area contributed by atoms with Gasteiger partial charge in [-0.25, -0.2) is 4.79 Å². The molecule has 17 heavy (non-hydrogen) atoms. The Morgan fingerprint density at radius 2 is 2.12 bits per heavy atom. The number of carboxylic acid groups (broad SMARTS) is 1. The first-order valence-electron chi connectivity index (χ1n) is 4.92. The van der Waals surface area contributed by atoms with Crippen LogP contribution in [0.1, 0.15) is 16.1 Å². The number of aryl methyl sites for hydroxylation is 1. The molecule has 1 aromatic carbocycles. The normalized spacial score (nSPS) is 9.71. The highest BCUT2D eigenvalue weighted by molar-refractivity contribution is 5.97. The molecule has 0 fully saturated rings. The first-order chi connectivity index (χ1) is 8.15. The summed E-state index contributed by atoms with van der Waals surface area (Å²) in [6, 6.07) is 7.34. The van der Waals surface area contributed by atoms with Gasteiger partial charge in [0, 0.05) is 23.9 Å². The molecule has 84 valence electrons. The minimum absolute atomic E-state index is 0.389. The predicted molar refractivity (Wildman–Crippen MR) is 62.8 cm³/mol. The fourth-order valence-electron chi connectivity index (χ4n) is 1.80. The number of carbonyl (C=O) groups excluding carboxylic acids is 1. The van der Waals surface area contributed by atoms with E-state index in [2.05, 4.69) is 5.92 Å². The number of para-hydroxylation sites is 1. The highest BCUT2D eigenvalue weighted by Crippen LogP contribution is 2.23. The third-order valence-electron chi connectivity index (χ3n) is 2.56. The maximum absolute atomic E-state index is 11.0. The van der Waals surface area contributed by atoms with Gasteiger partial charge < -0.3 is 9.67 Å². The SMILES string of the molecule is Cn1c(C=O)c(C#CC(=O)O)c2ccccc21. The molecule has 0 spiro atoms. The average molecular weight is 227 g/mol. The van der Waals surface area contributed by atoms with Crippen molar-refractivity contribution in [3.8, 4) is 11.8 Å². The highest BCUT2D eigenvalue weighted by Gasteiger charge is 2.12. The van der Waals surface area contributed by atoms with E-state index < -0.39 is 5.97 Å². The topological polar surface area (TPSA) is 59.3 Å². The molecule has 1 heterocycles. The Hall–Kier alpha value is -2.54. The molecule has 0 amide bonds. The molecule has 0 aliphatic heterocycles. The van der Waals surface area contributed by atoms with E-state index in [0.29, 0.717) is 17.5 Å². The maximum Gasteiger partial charge on any atom is 0.382 e. The Kier molecular flexibility index (Phi) is 2.67. The zero-order valence-electron chi connectivity index (χ0n) is 9.10. The summed E-state index contributed by atoms with van der Waals surface area (Å²) in [4.78, 5) is 21.5. The van der Waals surface area contributed by atoms with Crippen molar-refractivity contribution < 1.29 is 14.7 Å². The molecule has 4 heteroatoms. The van der Waals surface area contributed by atoms with Crippen molar-refractivity contribution in [1.82, 2.24) is 4.57 Å². The van der Waals surface area contributed by atoms with Gasteiger partial charge in [-0.2, -0.15) is 0 Å². The van der Waals surface area contributed by atoms with Crippen LogP contribution in [0.5, 0.6) is 0 Å². The molecule has 2 aromatic rings. The van der Waals surface area contributed by atoms with E-state index in [9.17, 15) is 9.59 Å². The number of fused-ring (bicyclic) bond motifs is 1. The van der Waals surface area contributed by atoms with Crippen LogP contribution in [-0.2, 0) is 11.8 Å². The fourth-order valence-corrected chi connectivity index (χ4v) is 1.80. The van der Waals surface area contributed by atoms with Crippen molar-refractivity contribution in [1.29, 1.82) is 0 Å². The molecule has 0 saturated carbocycles. The number of aldehydes is 1. The number of hydrogen-bond donors (Lipinski definition) is 1. The van der Waals surface area contributed by atoms with E-state index in [1.54, 1.807) is 11.6 Å². The smallest absolute Gasteiger partial charge is 0.382 e. The van der Waals surface area contributed by atoms with Gasteiger partial charge in [-0.05, 0) is 6.07 Å². The van der Waals surface area contributed by atoms with E-state index in [1.165, 1.54) is 0 Å². The quantitative estimate of drug-likeness (QED) is 0.592. The highest BCUT2D eigenvalue weighted by atomic mass is 16.4. The molecule has 0 unspecified atom stereocenters. The van der Waals surface area contributed by atoms with Crippen LogP contribution < -0.4 is 0 Å². The lowest BCUT2D eigenvalue weighted by atomic mass is 10.1. The van der Waals surface area contributed by atoms with Gasteiger partial charge in [0.25, 0.3) is 0 Å². The van der Waals surface area contributed by atoms with Crippen LogP contribution in [0.25, 0.3) is 10.9 Å². The molecule has 0 saturated heterocycles. The van der Waals surface area contributed by atoms with Crippen LogP contribution >= 0.6 is 0 Å². The molecule has 0 aliphatic carbocycles. The zero-order chi connectivity index (χ0) is 12.4. The Morgan fingerprint density at radius 3 is 2.76 bits per heavy atom. The lowest BCUT2D eigenvalue weighted by Gasteiger charge is -1.95. The molecule has 0 aliphatic rings. The van der Waals surface area contributed by atoms with E-state index in [0.717, 1.165) is 10.9 Å². The predicted octanol–water partition coefficient (Wildman–Crippen LogP) is 1.43. The Labute approximate surface area is 97.5 Å². The van der Waals surface area contributed by atoms with Gasteiger partial charge in [0.1, 0.15) is 0 Å². The minimum atomic E-state index is -1.21. The van der Waals surface area contributed by atoms with Crippen molar-refractivity contribution in [2.75, 3.05) is 0 Å². The van der Waals surface area contributed by atoms with Gasteiger partial charge in [0.15, 0.2) is 6.29 Å². The lowest BCUT2D eigenvalue weighted by Crippen LogP contribution is -1.95. The number of carboxylic acids is 1. The van der Waals surface area contributed by atoms with Gasteiger partial charge >= 0.3 is 5.97 Å². The first-order valence-corrected chi connectivity index (χ1v) is 4.92. The second kappa shape index (κ2) is 4.14. The Bertz CT molecular complexity index is 671. The van der Waals surface area contributed by atoms with E-state index in [4.69, 9.17) is 5.11 Å². The van der Waals surface area contributed by atoms with Crippen LogP contribution in [0.4, 0.5) is 0 Å². The summed E-state index contributed by atoms with van der Waals surface area (Å²) in [6.07, 6.45) is 0.686. The van der Waals surface area contributed by atoms with Gasteiger partial charge in [-0.1, -0.05) is 24.1 Å². The number of rotatable bonds is 1. The number of aromatic nitrogens is 1. The van der Waals surface area contributed by atoms with Crippen LogP contribution in [0, 0.1) is 11.8 Å². The third kappa shape index (κ3) is 1.79. The van der Waals surface area contributed by atoms with Gasteiger partial charge in [-0.15, -0.1) is 0 Å². The van der Waals surface area contributed by atoms with Crippen LogP contribution in [0.3, 0.4) is 0 Å². The van der Waals surface area contributed by atoms with Crippen LogP contribution in [0.2, 0.25) is 0 Å². The summed E-state index contributed by atoms with van der Waals surface area (Å²) >= 11 is 0. The summed E-state index contributed by atoms with van der Waals surface area (Å²) < 4.78 is 1.70. The molecular formula is C13H9NO3. The number of benzene rings is 1. The van der Waals surface area contributed by atoms with Crippen LogP contribution in [-0.4, -0.2) is 21.9 Å². The number of aliphatic carboxylic acids is 1. The van der Waals surface area contributed by atoms with Crippen molar-refractivity contribution in [3.63, 3.8) is 0 Å².